The number of carboxylic acid groups (broad SMARTS) is 1. The second-order valence-electron chi connectivity index (χ2n) is 12.0. The van der Waals surface area contributed by atoms with Gasteiger partial charge in [-0.05, 0) is 87.8 Å². The van der Waals surface area contributed by atoms with Gasteiger partial charge in [-0.25, -0.2) is 4.79 Å². The zero-order chi connectivity index (χ0) is 31.4. The van der Waals surface area contributed by atoms with Crippen molar-refractivity contribution in [2.45, 2.75) is 85.5 Å². The molecule has 0 radical (unpaired) electrons. The Morgan fingerprint density at radius 2 is 1.55 bits per heavy atom. The van der Waals surface area contributed by atoms with E-state index in [-0.39, 0.29) is 18.9 Å². The fourth-order valence-corrected chi connectivity index (χ4v) is 4.89. The first-order valence-corrected chi connectivity index (χ1v) is 13.9. The molecule has 0 saturated heterocycles. The van der Waals surface area contributed by atoms with Gasteiger partial charge in [0.25, 0.3) is 0 Å². The molecule has 1 amide bonds. The van der Waals surface area contributed by atoms with E-state index in [1.807, 2.05) is 45.0 Å². The predicted molar refractivity (Wildman–Crippen MR) is 156 cm³/mol. The monoisotopic (exact) mass is 584 g/mol. The summed E-state index contributed by atoms with van der Waals surface area (Å²) in [6.45, 7) is 13.1. The van der Waals surface area contributed by atoms with Gasteiger partial charge in [-0.15, -0.1) is 0 Å². The first-order chi connectivity index (χ1) is 19.5. The zero-order valence-corrected chi connectivity index (χ0v) is 25.1. The Morgan fingerprint density at radius 3 is 2.05 bits per heavy atom. The van der Waals surface area contributed by atoms with E-state index in [2.05, 4.69) is 5.32 Å². The molecule has 0 aliphatic rings. The number of halogens is 3. The van der Waals surface area contributed by atoms with Crippen LogP contribution in [-0.4, -0.2) is 27.8 Å². The maximum Gasteiger partial charge on any atom is 0.416 e. The molecule has 1 atom stereocenters. The Bertz CT molecular complexity index is 1410. The lowest BCUT2D eigenvalue weighted by Gasteiger charge is -2.26. The number of aryl methyl sites for hydroxylation is 2. The van der Waals surface area contributed by atoms with E-state index in [1.54, 1.807) is 27.7 Å². The lowest BCUT2D eigenvalue weighted by molar-refractivity contribution is -0.139. The van der Waals surface area contributed by atoms with Crippen molar-refractivity contribution >= 4 is 12.1 Å². The molecule has 42 heavy (non-hydrogen) atoms. The van der Waals surface area contributed by atoms with Crippen molar-refractivity contribution in [1.82, 2.24) is 10.3 Å². The first-order valence-electron chi connectivity index (χ1n) is 13.9. The molecule has 6 nitrogen and oxygen atoms in total. The Labute approximate surface area is 245 Å². The number of hydrogen-bond acceptors (Lipinski definition) is 4. The minimum Gasteiger partial charge on any atom is -0.481 e. The van der Waals surface area contributed by atoms with Crippen LogP contribution in [0.15, 0.2) is 48.5 Å². The number of alkyl halides is 3. The van der Waals surface area contributed by atoms with E-state index in [0.717, 1.165) is 29.0 Å². The van der Waals surface area contributed by atoms with Crippen LogP contribution in [0.3, 0.4) is 0 Å². The molecular weight excluding hydrogens is 545 g/mol. The minimum atomic E-state index is -4.49. The second-order valence-corrected chi connectivity index (χ2v) is 12.0. The maximum atomic E-state index is 13.1. The third-order valence-electron chi connectivity index (χ3n) is 6.73. The summed E-state index contributed by atoms with van der Waals surface area (Å²) in [6.07, 6.45) is -4.57. The van der Waals surface area contributed by atoms with Gasteiger partial charge in [-0.2, -0.15) is 13.2 Å². The Balaban J connectivity index is 2.23. The van der Waals surface area contributed by atoms with Crippen molar-refractivity contribution in [3.63, 3.8) is 0 Å². The minimum absolute atomic E-state index is 0.0443. The van der Waals surface area contributed by atoms with Gasteiger partial charge in [0.15, 0.2) is 0 Å². The average molecular weight is 585 g/mol. The number of alkyl carbamates (subject to hydrolysis) is 1. The number of carbonyl (C=O) groups is 2. The smallest absolute Gasteiger partial charge is 0.416 e. The summed E-state index contributed by atoms with van der Waals surface area (Å²) in [6, 6.07) is 12.2. The maximum absolute atomic E-state index is 13.1. The summed E-state index contributed by atoms with van der Waals surface area (Å²) in [7, 11) is 0. The van der Waals surface area contributed by atoms with Crippen LogP contribution in [0.4, 0.5) is 18.0 Å². The topological polar surface area (TPSA) is 88.5 Å². The number of aromatic nitrogens is 1. The van der Waals surface area contributed by atoms with Crippen molar-refractivity contribution in [3.05, 3.63) is 87.7 Å². The number of carbonyl (C=O) groups excluding carboxylic acids is 1. The van der Waals surface area contributed by atoms with Crippen molar-refractivity contribution in [2.24, 2.45) is 5.92 Å². The highest BCUT2D eigenvalue weighted by Gasteiger charge is 2.32. The fourth-order valence-electron chi connectivity index (χ4n) is 4.89. The third-order valence-corrected chi connectivity index (χ3v) is 6.73. The van der Waals surface area contributed by atoms with E-state index >= 15 is 0 Å². The highest BCUT2D eigenvalue weighted by Crippen LogP contribution is 2.39. The van der Waals surface area contributed by atoms with Gasteiger partial charge < -0.3 is 15.2 Å². The number of amides is 1. The van der Waals surface area contributed by atoms with E-state index in [9.17, 15) is 27.9 Å². The van der Waals surface area contributed by atoms with Crippen LogP contribution in [0, 0.1) is 19.8 Å². The molecule has 3 aromatic rings. The Kier molecular flexibility index (Phi) is 10.1. The van der Waals surface area contributed by atoms with Gasteiger partial charge >= 0.3 is 18.2 Å². The summed E-state index contributed by atoms with van der Waals surface area (Å²) >= 11 is 0. The molecule has 1 heterocycles. The van der Waals surface area contributed by atoms with E-state index in [4.69, 9.17) is 9.72 Å². The summed E-state index contributed by atoms with van der Waals surface area (Å²) in [5, 5.41) is 13.3. The number of pyridine rings is 1. The molecule has 0 aliphatic carbocycles. The van der Waals surface area contributed by atoms with Crippen molar-refractivity contribution in [1.29, 1.82) is 0 Å². The van der Waals surface area contributed by atoms with Crippen LogP contribution in [0.2, 0.25) is 0 Å². The van der Waals surface area contributed by atoms with Crippen molar-refractivity contribution < 1.29 is 32.6 Å². The molecule has 0 fully saturated rings. The van der Waals surface area contributed by atoms with E-state index in [1.165, 1.54) is 12.1 Å². The molecule has 0 bridgehead atoms. The normalized spacial score (nSPS) is 12.7. The summed E-state index contributed by atoms with van der Waals surface area (Å²) in [5.74, 6) is -2.02. The van der Waals surface area contributed by atoms with Crippen LogP contribution in [0.25, 0.3) is 11.1 Å². The molecule has 0 spiro atoms. The summed E-state index contributed by atoms with van der Waals surface area (Å²) in [5.41, 5.74) is 3.74. The molecule has 0 saturated carbocycles. The second kappa shape index (κ2) is 13.0. The number of rotatable bonds is 9. The van der Waals surface area contributed by atoms with Crippen LogP contribution in [0.5, 0.6) is 0 Å². The molecule has 1 unspecified atom stereocenters. The number of hydrogen-bond donors (Lipinski definition) is 2. The first kappa shape index (κ1) is 32.6. The fraction of sp³-hybridized carbons (Fsp3) is 0.424. The summed E-state index contributed by atoms with van der Waals surface area (Å²) < 4.78 is 44.9. The van der Waals surface area contributed by atoms with Gasteiger partial charge in [0.1, 0.15) is 5.60 Å². The van der Waals surface area contributed by atoms with E-state index in [0.29, 0.717) is 34.4 Å². The molecule has 9 heteroatoms. The Hall–Kier alpha value is -3.88. The van der Waals surface area contributed by atoms with Crippen molar-refractivity contribution in [3.8, 4) is 11.1 Å². The standard InChI is InChI=1S/C33H39F3N2O4/c1-19(2)16-27-26(18-37-31(41)42-32(5,6)7)29(23-12-8-20(3)9-13-23)28(21(4)38-27)25(30(39)40)17-22-10-14-24(15-11-22)33(34,35)36/h8-15,19,25H,16-18H2,1-7H3,(H,37,41)(H,39,40). The molecule has 226 valence electrons. The van der Waals surface area contributed by atoms with Gasteiger partial charge in [0, 0.05) is 23.5 Å². The van der Waals surface area contributed by atoms with Crippen LogP contribution in [-0.2, 0) is 35.1 Å². The average Bonchev–Trinajstić information content (AvgIpc) is 2.85. The molecular formula is C33H39F3N2O4. The predicted octanol–water partition coefficient (Wildman–Crippen LogP) is 8.02. The molecule has 0 aliphatic heterocycles. The molecule has 3 rings (SSSR count). The number of nitrogens with zero attached hydrogens (tertiary/aromatic N) is 1. The van der Waals surface area contributed by atoms with Crippen molar-refractivity contribution in [2.75, 3.05) is 0 Å². The SMILES string of the molecule is Cc1ccc(-c2c(CNC(=O)OC(C)(C)C)c(CC(C)C)nc(C)c2C(Cc2ccc(C(F)(F)F)cc2)C(=O)O)cc1. The molecule has 1 aromatic heterocycles. The molecule has 2 aromatic carbocycles. The number of aliphatic carboxylic acids is 1. The molecule has 2 N–H and O–H groups in total. The number of benzene rings is 2. The van der Waals surface area contributed by atoms with Gasteiger partial charge in [-0.1, -0.05) is 55.8 Å². The van der Waals surface area contributed by atoms with Crippen LogP contribution >= 0.6 is 0 Å². The van der Waals surface area contributed by atoms with E-state index < -0.39 is 35.3 Å². The highest BCUT2D eigenvalue weighted by molar-refractivity contribution is 5.84. The lowest BCUT2D eigenvalue weighted by Crippen LogP contribution is -2.33. The Morgan fingerprint density at radius 1 is 0.952 bits per heavy atom. The van der Waals surface area contributed by atoms with Crippen LogP contribution in [0.1, 0.15) is 79.7 Å². The highest BCUT2D eigenvalue weighted by atomic mass is 19.4. The quantitative estimate of drug-likeness (QED) is 0.266. The summed E-state index contributed by atoms with van der Waals surface area (Å²) in [4.78, 5) is 30.3. The third kappa shape index (κ3) is 8.57. The van der Waals surface area contributed by atoms with Gasteiger partial charge in [-0.3, -0.25) is 9.78 Å². The lowest BCUT2D eigenvalue weighted by atomic mass is 9.82. The number of nitrogens with one attached hydrogen (secondary N) is 1. The van der Waals surface area contributed by atoms with Gasteiger partial charge in [0.2, 0.25) is 0 Å². The number of carboxylic acids is 1. The zero-order valence-electron chi connectivity index (χ0n) is 25.1. The van der Waals surface area contributed by atoms with Gasteiger partial charge in [0.05, 0.1) is 11.5 Å². The number of ether oxygens (including phenoxy) is 1. The largest absolute Gasteiger partial charge is 0.481 e. The van der Waals surface area contributed by atoms with Crippen LogP contribution < -0.4 is 5.32 Å².